The van der Waals surface area contributed by atoms with Gasteiger partial charge in [-0.2, -0.15) is 0 Å². The summed E-state index contributed by atoms with van der Waals surface area (Å²) in [7, 11) is 0. The second-order valence-electron chi connectivity index (χ2n) is 8.93. The first-order valence-electron chi connectivity index (χ1n) is 12.1. The lowest BCUT2D eigenvalue weighted by atomic mass is 9.89. The second-order valence-corrected chi connectivity index (χ2v) is 8.93. The van der Waals surface area contributed by atoms with Crippen LogP contribution in [0.1, 0.15) is 40.2 Å². The van der Waals surface area contributed by atoms with Crippen LogP contribution in [0, 0.1) is 6.92 Å². The molecule has 6 rings (SSSR count). The van der Waals surface area contributed by atoms with Crippen LogP contribution < -0.4 is 5.06 Å². The van der Waals surface area contributed by atoms with Gasteiger partial charge in [-0.25, -0.2) is 5.06 Å². The maximum absolute atomic E-state index is 6.93. The Morgan fingerprint density at radius 1 is 0.657 bits per heavy atom. The molecule has 1 aromatic heterocycles. The number of para-hydroxylation sites is 1. The maximum Gasteiger partial charge on any atom is 0.140 e. The number of hydrogen-bond acceptors (Lipinski definition) is 3. The minimum absolute atomic E-state index is 0.149. The molecule has 1 aliphatic heterocycles. The fourth-order valence-corrected chi connectivity index (χ4v) is 5.05. The Hall–Kier alpha value is -4.08. The topological polar surface area (TPSA) is 25.6 Å². The average Bonchev–Trinajstić information content (AvgIpc) is 3.13. The van der Waals surface area contributed by atoms with Crippen molar-refractivity contribution in [1.82, 2.24) is 0 Å². The highest BCUT2D eigenvalue weighted by molar-refractivity contribution is 5.68. The molecular formula is C32H27NO2. The third-order valence-electron chi connectivity index (χ3n) is 6.72. The summed E-state index contributed by atoms with van der Waals surface area (Å²) in [6.45, 7) is 2.08. The molecule has 0 radical (unpaired) electrons. The SMILES string of the molecule is Cc1oc(-c2ccccc2)c2c1C[C@H](c1ccccc1)ON(c1ccccc1)[C@@H]2c1ccccc1. The Morgan fingerprint density at radius 3 is 1.83 bits per heavy atom. The minimum atomic E-state index is -0.171. The fourth-order valence-electron chi connectivity index (χ4n) is 5.05. The smallest absolute Gasteiger partial charge is 0.140 e. The number of hydroxylamine groups is 1. The van der Waals surface area contributed by atoms with Gasteiger partial charge in [-0.05, 0) is 30.2 Å². The van der Waals surface area contributed by atoms with Crippen LogP contribution in [0.4, 0.5) is 5.69 Å². The van der Waals surface area contributed by atoms with Gasteiger partial charge in [0.2, 0.25) is 0 Å². The van der Waals surface area contributed by atoms with E-state index in [1.165, 1.54) is 11.1 Å². The van der Waals surface area contributed by atoms with Gasteiger partial charge < -0.3 is 4.42 Å². The van der Waals surface area contributed by atoms with Gasteiger partial charge in [-0.1, -0.05) is 109 Å². The molecule has 0 unspecified atom stereocenters. The zero-order valence-electron chi connectivity index (χ0n) is 19.7. The van der Waals surface area contributed by atoms with E-state index in [2.05, 4.69) is 115 Å². The van der Waals surface area contributed by atoms with Crippen LogP contribution in [0.15, 0.2) is 126 Å². The van der Waals surface area contributed by atoms with Crippen LogP contribution in [-0.4, -0.2) is 0 Å². The molecule has 0 saturated carbocycles. The number of fused-ring (bicyclic) bond motifs is 1. The summed E-state index contributed by atoms with van der Waals surface area (Å²) in [5, 5.41) is 2.08. The van der Waals surface area contributed by atoms with Crippen LogP contribution in [0.25, 0.3) is 11.3 Å². The van der Waals surface area contributed by atoms with Crippen molar-refractivity contribution < 1.29 is 9.25 Å². The number of rotatable bonds is 4. The predicted octanol–water partition coefficient (Wildman–Crippen LogP) is 8.08. The molecule has 0 amide bonds. The molecule has 0 bridgehead atoms. The molecule has 2 atom stereocenters. The number of benzene rings is 4. The van der Waals surface area contributed by atoms with Gasteiger partial charge in [-0.15, -0.1) is 0 Å². The molecule has 2 heterocycles. The predicted molar refractivity (Wildman–Crippen MR) is 140 cm³/mol. The van der Waals surface area contributed by atoms with Crippen molar-refractivity contribution in [2.75, 3.05) is 5.06 Å². The van der Waals surface area contributed by atoms with Crippen LogP contribution in [0.3, 0.4) is 0 Å². The molecule has 4 aromatic carbocycles. The summed E-state index contributed by atoms with van der Waals surface area (Å²) < 4.78 is 6.55. The summed E-state index contributed by atoms with van der Waals surface area (Å²) >= 11 is 0. The first-order chi connectivity index (χ1) is 17.3. The Bertz CT molecular complexity index is 1400. The highest BCUT2D eigenvalue weighted by Gasteiger charge is 2.38. The Morgan fingerprint density at radius 2 is 1.20 bits per heavy atom. The minimum Gasteiger partial charge on any atom is -0.461 e. The Balaban J connectivity index is 1.63. The van der Waals surface area contributed by atoms with Crippen LogP contribution in [0.2, 0.25) is 0 Å². The summed E-state index contributed by atoms with van der Waals surface area (Å²) in [5.74, 6) is 1.85. The highest BCUT2D eigenvalue weighted by Crippen LogP contribution is 2.47. The normalized spacial score (nSPS) is 17.6. The van der Waals surface area contributed by atoms with E-state index in [4.69, 9.17) is 9.25 Å². The third-order valence-corrected chi connectivity index (χ3v) is 6.72. The highest BCUT2D eigenvalue weighted by atomic mass is 16.7. The molecule has 0 saturated heterocycles. The van der Waals surface area contributed by atoms with E-state index in [1.54, 1.807) is 0 Å². The van der Waals surface area contributed by atoms with Crippen molar-refractivity contribution in [1.29, 1.82) is 0 Å². The van der Waals surface area contributed by atoms with Gasteiger partial charge in [0.05, 0.1) is 5.69 Å². The van der Waals surface area contributed by atoms with E-state index in [9.17, 15) is 0 Å². The standard InChI is InChI=1S/C32H27NO2/c1-23-28-22-29(24-14-6-2-7-15-24)35-33(27-20-12-5-13-21-27)31(25-16-8-3-9-17-25)30(28)32(34-23)26-18-10-4-11-19-26/h2-21,29,31H,22H2,1H3/t29-,31-/m1/s1. The molecule has 3 heteroatoms. The summed E-state index contributed by atoms with van der Waals surface area (Å²) in [6, 6.07) is 41.7. The second kappa shape index (κ2) is 9.28. The van der Waals surface area contributed by atoms with Crippen molar-refractivity contribution >= 4 is 5.69 Å². The van der Waals surface area contributed by atoms with Gasteiger partial charge in [0.15, 0.2) is 0 Å². The van der Waals surface area contributed by atoms with Crippen LogP contribution in [0.5, 0.6) is 0 Å². The molecule has 3 nitrogen and oxygen atoms in total. The largest absolute Gasteiger partial charge is 0.461 e. The van der Waals surface area contributed by atoms with E-state index in [1.807, 2.05) is 18.2 Å². The molecular weight excluding hydrogens is 430 g/mol. The first kappa shape index (κ1) is 21.5. The van der Waals surface area contributed by atoms with E-state index >= 15 is 0 Å². The van der Waals surface area contributed by atoms with Crippen molar-refractivity contribution in [3.8, 4) is 11.3 Å². The average molecular weight is 458 g/mol. The molecule has 0 aliphatic carbocycles. The molecule has 1 aliphatic rings. The first-order valence-corrected chi connectivity index (χ1v) is 12.1. The van der Waals surface area contributed by atoms with Crippen LogP contribution in [-0.2, 0) is 11.3 Å². The zero-order valence-corrected chi connectivity index (χ0v) is 19.7. The lowest BCUT2D eigenvalue weighted by Crippen LogP contribution is -2.30. The van der Waals surface area contributed by atoms with Crippen molar-refractivity contribution in [2.24, 2.45) is 0 Å². The zero-order chi connectivity index (χ0) is 23.6. The van der Waals surface area contributed by atoms with E-state index in [0.717, 1.165) is 40.3 Å². The lowest BCUT2D eigenvalue weighted by Gasteiger charge is -2.34. The van der Waals surface area contributed by atoms with E-state index in [-0.39, 0.29) is 12.1 Å². The quantitative estimate of drug-likeness (QED) is 0.273. The maximum atomic E-state index is 6.93. The van der Waals surface area contributed by atoms with Gasteiger partial charge in [-0.3, -0.25) is 4.84 Å². The molecule has 172 valence electrons. The van der Waals surface area contributed by atoms with E-state index < -0.39 is 0 Å². The molecule has 0 N–H and O–H groups in total. The summed E-state index contributed by atoms with van der Waals surface area (Å²) in [4.78, 5) is 6.93. The monoisotopic (exact) mass is 457 g/mol. The Labute approximate surface area is 206 Å². The molecule has 35 heavy (non-hydrogen) atoms. The lowest BCUT2D eigenvalue weighted by molar-refractivity contribution is 0.0260. The number of aryl methyl sites for hydroxylation is 1. The van der Waals surface area contributed by atoms with Crippen molar-refractivity contribution in [3.63, 3.8) is 0 Å². The number of anilines is 1. The number of hydrogen-bond donors (Lipinski definition) is 0. The number of furan rings is 1. The molecule has 0 spiro atoms. The van der Waals surface area contributed by atoms with Gasteiger partial charge in [0.1, 0.15) is 23.7 Å². The van der Waals surface area contributed by atoms with Crippen molar-refractivity contribution in [3.05, 3.63) is 149 Å². The van der Waals surface area contributed by atoms with E-state index in [0.29, 0.717) is 0 Å². The Kier molecular flexibility index (Phi) is 5.69. The molecule has 0 fully saturated rings. The summed E-state index contributed by atoms with van der Waals surface area (Å²) in [6.07, 6.45) is 0.581. The van der Waals surface area contributed by atoms with Crippen LogP contribution >= 0.6 is 0 Å². The third kappa shape index (κ3) is 4.05. The van der Waals surface area contributed by atoms with Gasteiger partial charge in [0, 0.05) is 23.1 Å². The summed E-state index contributed by atoms with van der Waals surface area (Å²) in [5.41, 5.74) is 6.77. The van der Waals surface area contributed by atoms with Gasteiger partial charge >= 0.3 is 0 Å². The number of nitrogens with zero attached hydrogens (tertiary/aromatic N) is 1. The molecule has 5 aromatic rings. The fraction of sp³-hybridized carbons (Fsp3) is 0.125. The van der Waals surface area contributed by atoms with Gasteiger partial charge in [0.25, 0.3) is 0 Å². The van der Waals surface area contributed by atoms with Crippen molar-refractivity contribution in [2.45, 2.75) is 25.5 Å².